The third-order valence-electron chi connectivity index (χ3n) is 6.47. The molecule has 1 aromatic carbocycles. The van der Waals surface area contributed by atoms with E-state index in [9.17, 15) is 4.39 Å². The van der Waals surface area contributed by atoms with Crippen LogP contribution in [0.2, 0.25) is 0 Å². The average molecular weight is 499 g/mol. The fraction of sp³-hybridized carbons (Fsp3) is 0.259. The molecule has 37 heavy (non-hydrogen) atoms. The summed E-state index contributed by atoms with van der Waals surface area (Å²) in [6, 6.07) is 14.1. The molecule has 10 heteroatoms. The van der Waals surface area contributed by atoms with E-state index >= 15 is 0 Å². The van der Waals surface area contributed by atoms with Crippen molar-refractivity contribution in [1.29, 1.82) is 0 Å². The van der Waals surface area contributed by atoms with E-state index in [1.165, 1.54) is 0 Å². The van der Waals surface area contributed by atoms with Gasteiger partial charge in [-0.3, -0.25) is 14.0 Å². The normalized spacial score (nSPS) is 14.1. The second-order valence-corrected chi connectivity index (χ2v) is 9.18. The Morgan fingerprint density at radius 2 is 1.89 bits per heavy atom. The Kier molecular flexibility index (Phi) is 6.23. The number of imidazole rings is 1. The number of rotatable bonds is 9. The number of benzene rings is 1. The van der Waals surface area contributed by atoms with Crippen molar-refractivity contribution >= 4 is 11.5 Å². The molecule has 9 nitrogen and oxygen atoms in total. The Balaban J connectivity index is 1.10. The van der Waals surface area contributed by atoms with Gasteiger partial charge in [-0.25, -0.2) is 19.3 Å². The number of pyridine rings is 1. The molecule has 0 radical (unpaired) electrons. The van der Waals surface area contributed by atoms with Crippen molar-refractivity contribution in [2.75, 3.05) is 31.6 Å². The smallest absolute Gasteiger partial charge is 0.140 e. The summed E-state index contributed by atoms with van der Waals surface area (Å²) >= 11 is 0. The average Bonchev–Trinajstić information content (AvgIpc) is 3.53. The maximum absolute atomic E-state index is 12.9. The highest BCUT2D eigenvalue weighted by molar-refractivity contribution is 5.64. The Labute approximate surface area is 213 Å². The number of hydrogen-bond acceptors (Lipinski definition) is 7. The summed E-state index contributed by atoms with van der Waals surface area (Å²) in [6.07, 6.45) is 8.44. The number of ether oxygens (including phenoxy) is 1. The molecule has 0 unspecified atom stereocenters. The molecule has 0 atom stereocenters. The highest BCUT2D eigenvalue weighted by Gasteiger charge is 2.25. The Morgan fingerprint density at radius 3 is 2.68 bits per heavy atom. The van der Waals surface area contributed by atoms with Gasteiger partial charge < -0.3 is 10.1 Å². The third-order valence-corrected chi connectivity index (χ3v) is 6.47. The molecule has 1 aliphatic rings. The molecule has 0 spiro atoms. The van der Waals surface area contributed by atoms with Crippen molar-refractivity contribution in [3.05, 3.63) is 79.1 Å². The summed E-state index contributed by atoms with van der Waals surface area (Å²) in [5.74, 6) is 1.47. The number of halogens is 1. The van der Waals surface area contributed by atoms with Crippen molar-refractivity contribution in [3.63, 3.8) is 0 Å². The molecule has 1 saturated heterocycles. The zero-order chi connectivity index (χ0) is 25.2. The summed E-state index contributed by atoms with van der Waals surface area (Å²) in [7, 11) is 1.91. The quantitative estimate of drug-likeness (QED) is 0.331. The fourth-order valence-electron chi connectivity index (χ4n) is 4.40. The monoisotopic (exact) mass is 498 g/mol. The van der Waals surface area contributed by atoms with Gasteiger partial charge >= 0.3 is 0 Å². The van der Waals surface area contributed by atoms with Crippen LogP contribution >= 0.6 is 0 Å². The van der Waals surface area contributed by atoms with Crippen LogP contribution in [0.4, 0.5) is 10.2 Å². The summed E-state index contributed by atoms with van der Waals surface area (Å²) in [6.45, 7) is 2.88. The van der Waals surface area contributed by atoms with Crippen LogP contribution in [0.15, 0.2) is 73.6 Å². The number of anilines is 1. The molecular weight excluding hydrogens is 471 g/mol. The Bertz CT molecular complexity index is 1510. The lowest BCUT2D eigenvalue weighted by molar-refractivity contribution is 0.0539. The topological polar surface area (TPSA) is 85.4 Å². The van der Waals surface area contributed by atoms with Crippen molar-refractivity contribution in [1.82, 2.24) is 34.0 Å². The van der Waals surface area contributed by atoms with E-state index in [0.29, 0.717) is 26.2 Å². The van der Waals surface area contributed by atoms with Gasteiger partial charge in [-0.2, -0.15) is 5.10 Å². The van der Waals surface area contributed by atoms with Crippen LogP contribution in [0.3, 0.4) is 0 Å². The molecule has 5 aromatic rings. The summed E-state index contributed by atoms with van der Waals surface area (Å²) in [4.78, 5) is 15.4. The van der Waals surface area contributed by atoms with Crippen LogP contribution in [0.1, 0.15) is 5.56 Å². The Morgan fingerprint density at radius 1 is 1.03 bits per heavy atom. The van der Waals surface area contributed by atoms with Crippen LogP contribution in [0.25, 0.3) is 28.2 Å². The van der Waals surface area contributed by atoms with Crippen LogP contribution in [-0.2, 0) is 13.6 Å². The molecule has 4 aromatic heterocycles. The number of likely N-dealkylation sites (tertiary alicyclic amines) is 1. The van der Waals surface area contributed by atoms with E-state index in [0.717, 1.165) is 51.8 Å². The molecule has 0 saturated carbocycles. The zero-order valence-corrected chi connectivity index (χ0v) is 20.5. The summed E-state index contributed by atoms with van der Waals surface area (Å²) in [5.41, 5.74) is 5.77. The molecule has 5 heterocycles. The lowest BCUT2D eigenvalue weighted by Crippen LogP contribution is -2.49. The molecule has 6 rings (SSSR count). The molecule has 188 valence electrons. The van der Waals surface area contributed by atoms with E-state index in [1.54, 1.807) is 17.2 Å². The summed E-state index contributed by atoms with van der Waals surface area (Å²) in [5, 5.41) is 7.62. The van der Waals surface area contributed by atoms with E-state index in [-0.39, 0.29) is 0 Å². The fourth-order valence-corrected chi connectivity index (χ4v) is 4.40. The van der Waals surface area contributed by atoms with Crippen molar-refractivity contribution in [2.24, 2.45) is 7.05 Å². The molecule has 1 fully saturated rings. The molecule has 0 aliphatic carbocycles. The molecule has 0 amide bonds. The minimum Gasteiger partial charge on any atom is -0.492 e. The van der Waals surface area contributed by atoms with Gasteiger partial charge in [0.2, 0.25) is 0 Å². The van der Waals surface area contributed by atoms with Crippen LogP contribution < -0.4 is 10.1 Å². The predicted octanol–water partition coefficient (Wildman–Crippen LogP) is 3.84. The van der Waals surface area contributed by atoms with E-state index in [4.69, 9.17) is 4.74 Å². The first-order chi connectivity index (χ1) is 18.1. The number of nitrogens with zero attached hydrogens (tertiary/aromatic N) is 7. The van der Waals surface area contributed by atoms with Gasteiger partial charge in [0.25, 0.3) is 0 Å². The van der Waals surface area contributed by atoms with Crippen LogP contribution in [-0.4, -0.2) is 66.4 Å². The number of fused-ring (bicyclic) bond motifs is 1. The largest absolute Gasteiger partial charge is 0.492 e. The van der Waals surface area contributed by atoms with Gasteiger partial charge in [-0.05, 0) is 17.2 Å². The first-order valence-corrected chi connectivity index (χ1v) is 12.2. The van der Waals surface area contributed by atoms with Gasteiger partial charge in [-0.15, -0.1) is 0 Å². The number of hydrogen-bond donors (Lipinski definition) is 1. The molecule has 0 bridgehead atoms. The number of aromatic nitrogens is 6. The first-order valence-electron chi connectivity index (χ1n) is 12.2. The zero-order valence-electron chi connectivity index (χ0n) is 20.5. The van der Waals surface area contributed by atoms with Gasteiger partial charge in [0.15, 0.2) is 0 Å². The standard InChI is InChI=1S/C27H27FN8O/c1-34-15-21(13-33-34)20-4-2-19(3-5-20)12-29-26-11-24(31-18-32-26)25-14-30-27-10-23(6-7-36(25)27)37-9-8-35-16-22(28)17-35/h2-7,10-11,13-15,18,22H,8-9,12,16-17H2,1H3,(H,29,31,32). The second kappa shape index (κ2) is 9.98. The SMILES string of the molecule is Cn1cc(-c2ccc(CNc3cc(-c4cnc5cc(OCCN6CC(F)C6)ccn45)ncn3)cc2)cn1. The minimum absolute atomic E-state index is 0.500. The maximum atomic E-state index is 12.9. The molecule has 1 N–H and O–H groups in total. The van der Waals surface area contributed by atoms with Gasteiger partial charge in [0.1, 0.15) is 36.3 Å². The first kappa shape index (κ1) is 23.1. The van der Waals surface area contributed by atoms with Crippen molar-refractivity contribution in [3.8, 4) is 28.3 Å². The van der Waals surface area contributed by atoms with E-state index in [2.05, 4.69) is 49.6 Å². The lowest BCUT2D eigenvalue weighted by atomic mass is 10.1. The lowest BCUT2D eigenvalue weighted by Gasteiger charge is -2.33. The van der Waals surface area contributed by atoms with Gasteiger partial charge in [0.05, 0.1) is 23.8 Å². The van der Waals surface area contributed by atoms with Crippen molar-refractivity contribution < 1.29 is 9.13 Å². The molecular formula is C27H27FN8O. The van der Waals surface area contributed by atoms with E-state index in [1.807, 2.05) is 53.1 Å². The maximum Gasteiger partial charge on any atom is 0.140 e. The number of nitrogens with one attached hydrogen (secondary N) is 1. The van der Waals surface area contributed by atoms with Crippen LogP contribution in [0.5, 0.6) is 5.75 Å². The predicted molar refractivity (Wildman–Crippen MR) is 139 cm³/mol. The minimum atomic E-state index is -0.693. The number of aryl methyl sites for hydroxylation is 1. The Hall–Kier alpha value is -4.31. The number of alkyl halides is 1. The van der Waals surface area contributed by atoms with Gasteiger partial charge in [0, 0.05) is 63.3 Å². The highest BCUT2D eigenvalue weighted by Crippen LogP contribution is 2.24. The highest BCUT2D eigenvalue weighted by atomic mass is 19.1. The molecule has 1 aliphatic heterocycles. The van der Waals surface area contributed by atoms with Crippen molar-refractivity contribution in [2.45, 2.75) is 12.7 Å². The second-order valence-electron chi connectivity index (χ2n) is 9.18. The summed E-state index contributed by atoms with van der Waals surface area (Å²) < 4.78 is 22.5. The van der Waals surface area contributed by atoms with Gasteiger partial charge in [-0.1, -0.05) is 24.3 Å². The third kappa shape index (κ3) is 5.14. The van der Waals surface area contributed by atoms with E-state index < -0.39 is 6.17 Å². The van der Waals surface area contributed by atoms with Crippen LogP contribution in [0, 0.1) is 0 Å².